The Morgan fingerprint density at radius 1 is 1.25 bits per heavy atom. The largest absolute Gasteiger partial charge is 0.396 e. The monoisotopic (exact) mass is 226 g/mol. The van der Waals surface area contributed by atoms with Gasteiger partial charge in [-0.05, 0) is 57.5 Å². The van der Waals surface area contributed by atoms with Crippen molar-refractivity contribution in [1.29, 1.82) is 0 Å². The molecule has 94 valence electrons. The van der Waals surface area contributed by atoms with Crippen molar-refractivity contribution < 1.29 is 5.11 Å². The molecule has 2 fully saturated rings. The second-order valence-electron chi connectivity index (χ2n) is 5.55. The maximum atomic E-state index is 9.06. The van der Waals surface area contributed by atoms with Crippen molar-refractivity contribution in [2.75, 3.05) is 32.8 Å². The zero-order chi connectivity index (χ0) is 11.4. The molecule has 2 N–H and O–H groups in total. The predicted octanol–water partition coefficient (Wildman–Crippen LogP) is 1.08. The van der Waals surface area contributed by atoms with Gasteiger partial charge in [0.1, 0.15) is 0 Å². The molecule has 1 aliphatic heterocycles. The number of aliphatic hydroxyl groups excluding tert-OH is 1. The minimum absolute atomic E-state index is 0.380. The molecule has 0 aromatic rings. The van der Waals surface area contributed by atoms with Crippen LogP contribution in [0, 0.1) is 11.8 Å². The van der Waals surface area contributed by atoms with E-state index >= 15 is 0 Å². The molecule has 2 aliphatic rings. The molecule has 1 heterocycles. The SMILES string of the molecule is CC(NCCN1CCC(CO)CC1)C1CC1. The molecule has 3 nitrogen and oxygen atoms in total. The first-order valence-corrected chi connectivity index (χ1v) is 6.86. The summed E-state index contributed by atoms with van der Waals surface area (Å²) in [5.74, 6) is 1.52. The van der Waals surface area contributed by atoms with E-state index in [0.29, 0.717) is 12.5 Å². The third-order valence-electron chi connectivity index (χ3n) is 4.19. The summed E-state index contributed by atoms with van der Waals surface area (Å²) in [6, 6.07) is 0.718. The Morgan fingerprint density at radius 3 is 2.50 bits per heavy atom. The van der Waals surface area contributed by atoms with Gasteiger partial charge in [0.05, 0.1) is 0 Å². The van der Waals surface area contributed by atoms with Crippen molar-refractivity contribution in [2.24, 2.45) is 11.8 Å². The summed E-state index contributed by atoms with van der Waals surface area (Å²) < 4.78 is 0. The number of nitrogens with zero attached hydrogens (tertiary/aromatic N) is 1. The number of hydrogen-bond acceptors (Lipinski definition) is 3. The second-order valence-corrected chi connectivity index (χ2v) is 5.55. The lowest BCUT2D eigenvalue weighted by molar-refractivity contribution is 0.131. The predicted molar refractivity (Wildman–Crippen MR) is 66.4 cm³/mol. The first-order chi connectivity index (χ1) is 7.79. The maximum Gasteiger partial charge on any atom is 0.0460 e. The summed E-state index contributed by atoms with van der Waals surface area (Å²) in [7, 11) is 0. The zero-order valence-electron chi connectivity index (χ0n) is 10.5. The van der Waals surface area contributed by atoms with Crippen molar-refractivity contribution in [3.05, 3.63) is 0 Å². The molecule has 2 rings (SSSR count). The van der Waals surface area contributed by atoms with E-state index in [1.54, 1.807) is 0 Å². The molecule has 1 unspecified atom stereocenters. The summed E-state index contributed by atoms with van der Waals surface area (Å²) in [5.41, 5.74) is 0. The first kappa shape index (κ1) is 12.3. The molecule has 1 aliphatic carbocycles. The van der Waals surface area contributed by atoms with Gasteiger partial charge in [0, 0.05) is 25.7 Å². The average Bonchev–Trinajstić information content (AvgIpc) is 3.14. The minimum atomic E-state index is 0.380. The normalized spacial score (nSPS) is 25.9. The molecule has 0 bridgehead atoms. The molecule has 0 spiro atoms. The van der Waals surface area contributed by atoms with Gasteiger partial charge in [0.2, 0.25) is 0 Å². The molecule has 3 heteroatoms. The van der Waals surface area contributed by atoms with Crippen LogP contribution in [0.3, 0.4) is 0 Å². The summed E-state index contributed by atoms with van der Waals surface area (Å²) in [5, 5.41) is 12.7. The third kappa shape index (κ3) is 3.72. The van der Waals surface area contributed by atoms with Gasteiger partial charge in [0.25, 0.3) is 0 Å². The highest BCUT2D eigenvalue weighted by molar-refractivity contribution is 4.83. The number of nitrogens with one attached hydrogen (secondary N) is 1. The molecular formula is C13H26N2O. The van der Waals surface area contributed by atoms with Crippen LogP contribution in [0.5, 0.6) is 0 Å². The van der Waals surface area contributed by atoms with Crippen molar-refractivity contribution in [2.45, 2.75) is 38.6 Å². The van der Waals surface area contributed by atoms with E-state index < -0.39 is 0 Å². The Hall–Kier alpha value is -0.120. The van der Waals surface area contributed by atoms with Crippen molar-refractivity contribution >= 4 is 0 Å². The van der Waals surface area contributed by atoms with E-state index in [2.05, 4.69) is 17.1 Å². The van der Waals surface area contributed by atoms with Crippen LogP contribution in [-0.2, 0) is 0 Å². The molecule has 0 aromatic carbocycles. The average molecular weight is 226 g/mol. The lowest BCUT2D eigenvalue weighted by Crippen LogP contribution is -2.41. The Bertz CT molecular complexity index is 198. The molecule has 1 saturated heterocycles. The van der Waals surface area contributed by atoms with E-state index in [1.807, 2.05) is 0 Å². The van der Waals surface area contributed by atoms with Gasteiger partial charge in [-0.25, -0.2) is 0 Å². The lowest BCUT2D eigenvalue weighted by Gasteiger charge is -2.31. The fourth-order valence-corrected chi connectivity index (χ4v) is 2.61. The Kier molecular flexibility index (Phi) is 4.62. The Labute approximate surface area is 99.2 Å². The quantitative estimate of drug-likeness (QED) is 0.711. The van der Waals surface area contributed by atoms with Crippen LogP contribution in [0.1, 0.15) is 32.6 Å². The number of hydrogen-bond donors (Lipinski definition) is 2. The van der Waals surface area contributed by atoms with Gasteiger partial charge in [0.15, 0.2) is 0 Å². The third-order valence-corrected chi connectivity index (χ3v) is 4.19. The molecule has 0 amide bonds. The first-order valence-electron chi connectivity index (χ1n) is 6.86. The number of likely N-dealkylation sites (tertiary alicyclic amines) is 1. The Morgan fingerprint density at radius 2 is 1.94 bits per heavy atom. The highest BCUT2D eigenvalue weighted by Crippen LogP contribution is 2.32. The minimum Gasteiger partial charge on any atom is -0.396 e. The van der Waals surface area contributed by atoms with Crippen LogP contribution < -0.4 is 5.32 Å². The second kappa shape index (κ2) is 5.99. The molecule has 0 radical (unpaired) electrons. The topological polar surface area (TPSA) is 35.5 Å². The summed E-state index contributed by atoms with van der Waals surface area (Å²) in [6.07, 6.45) is 5.20. The molecule has 1 saturated carbocycles. The van der Waals surface area contributed by atoms with Crippen LogP contribution >= 0.6 is 0 Å². The number of rotatable bonds is 6. The summed E-state index contributed by atoms with van der Waals surface area (Å²) in [6.45, 7) is 7.34. The standard InChI is InChI=1S/C13H26N2O/c1-11(13-2-3-13)14-6-9-15-7-4-12(10-16)5-8-15/h11-14,16H,2-10H2,1H3. The van der Waals surface area contributed by atoms with E-state index in [9.17, 15) is 0 Å². The van der Waals surface area contributed by atoms with Crippen LogP contribution in [0.15, 0.2) is 0 Å². The maximum absolute atomic E-state index is 9.06. The van der Waals surface area contributed by atoms with Gasteiger partial charge in [-0.1, -0.05) is 0 Å². The molecule has 0 aromatic heterocycles. The van der Waals surface area contributed by atoms with E-state index in [4.69, 9.17) is 5.11 Å². The van der Waals surface area contributed by atoms with Crippen LogP contribution in [-0.4, -0.2) is 48.8 Å². The summed E-state index contributed by atoms with van der Waals surface area (Å²) in [4.78, 5) is 2.53. The van der Waals surface area contributed by atoms with Crippen molar-refractivity contribution in [1.82, 2.24) is 10.2 Å². The molecular weight excluding hydrogens is 200 g/mol. The van der Waals surface area contributed by atoms with Gasteiger partial charge in [-0.2, -0.15) is 0 Å². The van der Waals surface area contributed by atoms with Gasteiger partial charge in [-0.15, -0.1) is 0 Å². The van der Waals surface area contributed by atoms with E-state index in [1.165, 1.54) is 45.3 Å². The highest BCUT2D eigenvalue weighted by atomic mass is 16.3. The zero-order valence-corrected chi connectivity index (χ0v) is 10.5. The van der Waals surface area contributed by atoms with Crippen LogP contribution in [0.4, 0.5) is 0 Å². The van der Waals surface area contributed by atoms with Crippen molar-refractivity contribution in [3.63, 3.8) is 0 Å². The van der Waals surface area contributed by atoms with Crippen molar-refractivity contribution in [3.8, 4) is 0 Å². The fourth-order valence-electron chi connectivity index (χ4n) is 2.61. The lowest BCUT2D eigenvalue weighted by atomic mass is 9.98. The highest BCUT2D eigenvalue weighted by Gasteiger charge is 2.27. The smallest absolute Gasteiger partial charge is 0.0460 e. The molecule has 1 atom stereocenters. The van der Waals surface area contributed by atoms with Gasteiger partial charge < -0.3 is 15.3 Å². The Balaban J connectivity index is 1.53. The van der Waals surface area contributed by atoms with Crippen LogP contribution in [0.25, 0.3) is 0 Å². The van der Waals surface area contributed by atoms with E-state index in [-0.39, 0.29) is 0 Å². The number of aliphatic hydroxyl groups is 1. The fraction of sp³-hybridized carbons (Fsp3) is 1.00. The van der Waals surface area contributed by atoms with Gasteiger partial charge in [-0.3, -0.25) is 0 Å². The van der Waals surface area contributed by atoms with Crippen LogP contribution in [0.2, 0.25) is 0 Å². The summed E-state index contributed by atoms with van der Waals surface area (Å²) >= 11 is 0. The van der Waals surface area contributed by atoms with E-state index in [0.717, 1.165) is 18.5 Å². The molecule has 16 heavy (non-hydrogen) atoms. The van der Waals surface area contributed by atoms with Gasteiger partial charge >= 0.3 is 0 Å². The number of piperidine rings is 1.